The van der Waals surface area contributed by atoms with E-state index in [4.69, 9.17) is 15.5 Å². The molecule has 1 aliphatic carbocycles. The number of nitrogens with one attached hydrogen (secondary N) is 3. The van der Waals surface area contributed by atoms with E-state index in [0.29, 0.717) is 18.5 Å². The van der Waals surface area contributed by atoms with Crippen LogP contribution in [0.3, 0.4) is 0 Å². The zero-order valence-electron chi connectivity index (χ0n) is 38.0. The predicted octanol–water partition coefficient (Wildman–Crippen LogP) is 7.47. The number of nitrogens with zero attached hydrogens (tertiary/aromatic N) is 2. The number of benzene rings is 5. The predicted molar refractivity (Wildman–Crippen MR) is 255 cm³/mol. The number of hydrogen-bond donors (Lipinski definition) is 5. The number of alkyl carbamates (subject to hydrolysis) is 1. The fourth-order valence-electron chi connectivity index (χ4n) is 9.24. The Morgan fingerprint density at radius 2 is 1.18 bits per heavy atom. The molecule has 7 rings (SSSR count). The number of carbonyl (C=O) groups is 4. The second kappa shape index (κ2) is 21.3. The van der Waals surface area contributed by atoms with Gasteiger partial charge in [-0.05, 0) is 63.6 Å². The maximum absolute atomic E-state index is 14.6. The van der Waals surface area contributed by atoms with Crippen molar-refractivity contribution in [3.63, 3.8) is 0 Å². The van der Waals surface area contributed by atoms with E-state index < -0.39 is 60.0 Å². The van der Waals surface area contributed by atoms with Crippen LogP contribution in [0.5, 0.6) is 0 Å². The van der Waals surface area contributed by atoms with Crippen molar-refractivity contribution >= 4 is 23.8 Å². The SMILES string of the molecule is CC(C)C[C@H](NC(=O)C[C@H](O)[C@H](CC(C)C)NC(=O)[C@H](Cc1cn(C(c2ccccc2)(c2ccccc2)c2ccccc2)cn1)NC(=O)OCC1c2ccccc2-c2ccccc21)C(N)=O. The summed E-state index contributed by atoms with van der Waals surface area (Å²) in [6.45, 7) is 7.73. The number of imidazole rings is 1. The third-order valence-electron chi connectivity index (χ3n) is 12.3. The van der Waals surface area contributed by atoms with Gasteiger partial charge in [0, 0.05) is 18.5 Å². The molecule has 1 heterocycles. The molecule has 0 radical (unpaired) electrons. The lowest BCUT2D eigenvalue weighted by Gasteiger charge is -2.37. The van der Waals surface area contributed by atoms with Crippen LogP contribution in [0.1, 0.15) is 86.4 Å². The summed E-state index contributed by atoms with van der Waals surface area (Å²) in [5, 5.41) is 20.0. The molecule has 1 aliphatic rings. The fourth-order valence-corrected chi connectivity index (χ4v) is 9.24. The molecule has 5 aromatic carbocycles. The molecule has 342 valence electrons. The third kappa shape index (κ3) is 10.7. The van der Waals surface area contributed by atoms with Gasteiger partial charge in [-0.1, -0.05) is 167 Å². The van der Waals surface area contributed by atoms with Crippen molar-refractivity contribution < 1.29 is 29.0 Å². The number of hydrogen-bond acceptors (Lipinski definition) is 7. The molecule has 4 atom stereocenters. The maximum atomic E-state index is 14.6. The lowest BCUT2D eigenvalue weighted by molar-refractivity contribution is -0.130. The Morgan fingerprint density at radius 1 is 0.682 bits per heavy atom. The van der Waals surface area contributed by atoms with E-state index in [1.165, 1.54) is 0 Å². The molecule has 12 heteroatoms. The summed E-state index contributed by atoms with van der Waals surface area (Å²) in [6.07, 6.45) is 1.72. The molecule has 0 saturated carbocycles. The van der Waals surface area contributed by atoms with E-state index >= 15 is 0 Å². The van der Waals surface area contributed by atoms with Gasteiger partial charge < -0.3 is 36.1 Å². The molecule has 0 bridgehead atoms. The lowest BCUT2D eigenvalue weighted by atomic mass is 9.77. The molecule has 12 nitrogen and oxygen atoms in total. The fraction of sp³-hybridized carbons (Fsp3) is 0.315. The number of fused-ring (bicyclic) bond motifs is 3. The molecular weight excluding hydrogens is 829 g/mol. The highest BCUT2D eigenvalue weighted by Crippen LogP contribution is 2.45. The van der Waals surface area contributed by atoms with Crippen LogP contribution in [-0.4, -0.2) is 69.3 Å². The number of amides is 4. The minimum Gasteiger partial charge on any atom is -0.449 e. The Morgan fingerprint density at radius 3 is 1.68 bits per heavy atom. The van der Waals surface area contributed by atoms with Gasteiger partial charge in [-0.3, -0.25) is 14.4 Å². The first-order chi connectivity index (χ1) is 31.8. The summed E-state index contributed by atoms with van der Waals surface area (Å²) < 4.78 is 7.98. The van der Waals surface area contributed by atoms with Gasteiger partial charge in [-0.25, -0.2) is 9.78 Å². The van der Waals surface area contributed by atoms with Crippen LogP contribution in [-0.2, 0) is 31.1 Å². The van der Waals surface area contributed by atoms with Gasteiger partial charge in [0.2, 0.25) is 17.7 Å². The van der Waals surface area contributed by atoms with Crippen molar-refractivity contribution in [2.75, 3.05) is 6.61 Å². The standard InChI is InChI=1S/C54H60N6O6/c1-35(2)28-46(49(61)31-50(62)57-47(51(55)63)29-36(3)4)58-52(64)48(59-53(65)66-33-45-43-26-16-14-24-41(43)42-25-15-17-27-44(42)45)30-40-32-60(34-56-40)54(37-18-8-5-9-19-37,38-20-10-6-11-21-38)39-22-12-7-13-23-39/h5-27,32,34-36,45-49,61H,28-31,33H2,1-4H3,(H2,55,63)(H,57,62)(H,58,64)(H,59,65)/t46-,47-,48-,49-/m0/s1. The van der Waals surface area contributed by atoms with Crippen LogP contribution in [0.25, 0.3) is 11.1 Å². The zero-order valence-corrected chi connectivity index (χ0v) is 38.0. The summed E-state index contributed by atoms with van der Waals surface area (Å²) in [5.41, 5.74) is 12.4. The molecule has 0 saturated heterocycles. The summed E-state index contributed by atoms with van der Waals surface area (Å²) in [7, 11) is 0. The molecule has 4 amide bonds. The minimum absolute atomic E-state index is 0.00126. The van der Waals surface area contributed by atoms with Crippen LogP contribution >= 0.6 is 0 Å². The first-order valence-corrected chi connectivity index (χ1v) is 22.7. The van der Waals surface area contributed by atoms with E-state index in [2.05, 4.69) is 64.5 Å². The van der Waals surface area contributed by atoms with Gasteiger partial charge in [0.15, 0.2) is 0 Å². The van der Waals surface area contributed by atoms with E-state index in [-0.39, 0.29) is 30.8 Å². The van der Waals surface area contributed by atoms with E-state index in [1.54, 1.807) is 6.33 Å². The highest BCUT2D eigenvalue weighted by Gasteiger charge is 2.39. The number of nitrogens with two attached hydrogens (primary N) is 1. The topological polar surface area (TPSA) is 178 Å². The molecule has 0 aliphatic heterocycles. The molecule has 0 unspecified atom stereocenters. The lowest BCUT2D eigenvalue weighted by Crippen LogP contribution is -2.54. The average Bonchev–Trinajstić information content (AvgIpc) is 3.91. The number of aromatic nitrogens is 2. The first kappa shape index (κ1) is 46.9. The number of primary amides is 1. The number of aliphatic hydroxyl groups is 1. The Labute approximate surface area is 387 Å². The number of rotatable bonds is 20. The normalized spacial score (nSPS) is 14.1. The van der Waals surface area contributed by atoms with Gasteiger partial charge in [0.25, 0.3) is 0 Å². The Bertz CT molecular complexity index is 2440. The summed E-state index contributed by atoms with van der Waals surface area (Å²) in [6, 6.07) is 43.5. The summed E-state index contributed by atoms with van der Waals surface area (Å²) in [5.74, 6) is -1.97. The maximum Gasteiger partial charge on any atom is 0.407 e. The second-order valence-corrected chi connectivity index (χ2v) is 18.0. The van der Waals surface area contributed by atoms with E-state index in [0.717, 1.165) is 38.9 Å². The average molecular weight is 889 g/mol. The van der Waals surface area contributed by atoms with Gasteiger partial charge in [-0.15, -0.1) is 0 Å². The first-order valence-electron chi connectivity index (χ1n) is 22.7. The van der Waals surface area contributed by atoms with Gasteiger partial charge in [-0.2, -0.15) is 0 Å². The summed E-state index contributed by atoms with van der Waals surface area (Å²) in [4.78, 5) is 58.8. The molecule has 6 N–H and O–H groups in total. The van der Waals surface area contributed by atoms with Gasteiger partial charge in [0.05, 0.1) is 30.6 Å². The highest BCUT2D eigenvalue weighted by molar-refractivity contribution is 5.88. The summed E-state index contributed by atoms with van der Waals surface area (Å²) >= 11 is 0. The number of ether oxygens (including phenoxy) is 1. The Hall–Kier alpha value is -7.05. The van der Waals surface area contributed by atoms with Crippen molar-refractivity contribution in [2.45, 2.75) is 89.1 Å². The van der Waals surface area contributed by atoms with Crippen LogP contribution in [0.4, 0.5) is 4.79 Å². The van der Waals surface area contributed by atoms with E-state index in [9.17, 15) is 24.3 Å². The molecule has 6 aromatic rings. The second-order valence-electron chi connectivity index (χ2n) is 18.0. The van der Waals surface area contributed by atoms with Crippen LogP contribution in [0, 0.1) is 11.8 Å². The number of carbonyl (C=O) groups excluding carboxylic acids is 4. The highest BCUT2D eigenvalue weighted by atomic mass is 16.5. The van der Waals surface area contributed by atoms with Crippen molar-refractivity contribution in [1.29, 1.82) is 0 Å². The minimum atomic E-state index is -1.33. The Kier molecular flexibility index (Phi) is 15.1. The molecule has 66 heavy (non-hydrogen) atoms. The third-order valence-corrected chi connectivity index (χ3v) is 12.3. The molecular formula is C54H60N6O6. The van der Waals surface area contributed by atoms with Crippen LogP contribution < -0.4 is 21.7 Å². The largest absolute Gasteiger partial charge is 0.449 e. The van der Waals surface area contributed by atoms with Gasteiger partial charge in [0.1, 0.15) is 24.2 Å². The quantitative estimate of drug-likeness (QED) is 0.0494. The molecule has 0 spiro atoms. The van der Waals surface area contributed by atoms with Crippen molar-refractivity contribution in [1.82, 2.24) is 25.5 Å². The van der Waals surface area contributed by atoms with Crippen LogP contribution in [0.2, 0.25) is 0 Å². The van der Waals surface area contributed by atoms with Crippen molar-refractivity contribution in [3.8, 4) is 11.1 Å². The monoisotopic (exact) mass is 888 g/mol. The van der Waals surface area contributed by atoms with Crippen molar-refractivity contribution in [2.24, 2.45) is 17.6 Å². The van der Waals surface area contributed by atoms with Crippen molar-refractivity contribution in [3.05, 3.63) is 186 Å². The Balaban J connectivity index is 1.19. The number of aliphatic hydroxyl groups excluding tert-OH is 1. The van der Waals surface area contributed by atoms with E-state index in [1.807, 2.05) is 129 Å². The van der Waals surface area contributed by atoms with Gasteiger partial charge >= 0.3 is 6.09 Å². The van der Waals surface area contributed by atoms with Crippen LogP contribution in [0.15, 0.2) is 152 Å². The molecule has 1 aromatic heterocycles. The molecule has 0 fully saturated rings. The smallest absolute Gasteiger partial charge is 0.407 e. The zero-order chi connectivity index (χ0) is 46.8.